The summed E-state index contributed by atoms with van der Waals surface area (Å²) in [6, 6.07) is 5.59. The van der Waals surface area contributed by atoms with E-state index in [-0.39, 0.29) is 0 Å². The van der Waals surface area contributed by atoms with E-state index in [2.05, 4.69) is 30.7 Å². The van der Waals surface area contributed by atoms with Gasteiger partial charge in [0.2, 0.25) is 0 Å². The summed E-state index contributed by atoms with van der Waals surface area (Å²) in [5.41, 5.74) is 1.05. The lowest BCUT2D eigenvalue weighted by Crippen LogP contribution is -2.11. The molecule has 1 aromatic carbocycles. The zero-order chi connectivity index (χ0) is 14.5. The van der Waals surface area contributed by atoms with Gasteiger partial charge in [-0.25, -0.2) is 0 Å². The lowest BCUT2D eigenvalue weighted by Gasteiger charge is -2.09. The summed E-state index contributed by atoms with van der Waals surface area (Å²) in [5.74, 6) is 1.77. The largest absolute Gasteiger partial charge is 0.383 e. The van der Waals surface area contributed by atoms with Crippen LogP contribution in [0.3, 0.4) is 0 Å². The maximum Gasteiger partial charge on any atom is 0.143 e. The van der Waals surface area contributed by atoms with Crippen LogP contribution in [0, 0.1) is 0 Å². The first-order valence-electron chi connectivity index (χ1n) is 6.05. The van der Waals surface area contributed by atoms with Gasteiger partial charge in [0.15, 0.2) is 0 Å². The lowest BCUT2D eigenvalue weighted by atomic mass is 10.1. The van der Waals surface area contributed by atoms with Crippen molar-refractivity contribution in [3.63, 3.8) is 0 Å². The van der Waals surface area contributed by atoms with Crippen LogP contribution in [0.2, 0.25) is 10.0 Å². The predicted octanol–water partition coefficient (Wildman–Crippen LogP) is 3.72. The second-order valence-corrected chi connectivity index (χ2v) is 5.61. The van der Waals surface area contributed by atoms with Gasteiger partial charge in [-0.2, -0.15) is 0 Å². The second-order valence-electron chi connectivity index (χ2n) is 4.24. The molecule has 0 fully saturated rings. The molecule has 0 aliphatic carbocycles. The number of benzene rings is 1. The molecule has 2 rings (SSSR count). The van der Waals surface area contributed by atoms with Gasteiger partial charge in [-0.3, -0.25) is 0 Å². The monoisotopic (exact) mass is 377 g/mol. The van der Waals surface area contributed by atoms with Crippen molar-refractivity contribution < 1.29 is 4.74 Å². The molecule has 0 saturated heterocycles. The normalized spacial score (nSPS) is 11.0. The smallest absolute Gasteiger partial charge is 0.143 e. The third-order valence-electron chi connectivity index (χ3n) is 2.89. The number of rotatable bonds is 6. The molecule has 0 aliphatic rings. The zero-order valence-corrected chi connectivity index (χ0v) is 14.0. The molecule has 0 amide bonds. The molecule has 2 aromatic rings. The average Bonchev–Trinajstić information content (AvgIpc) is 2.82. The van der Waals surface area contributed by atoms with Crippen molar-refractivity contribution in [3.8, 4) is 0 Å². The first-order valence-corrected chi connectivity index (χ1v) is 7.93. The molecule has 1 aromatic heterocycles. The Labute approximate surface area is 136 Å². The Hall–Kier alpha value is -0.620. The van der Waals surface area contributed by atoms with Crippen LogP contribution in [0.25, 0.3) is 0 Å². The van der Waals surface area contributed by atoms with Crippen molar-refractivity contribution in [3.05, 3.63) is 45.5 Å². The Morgan fingerprint density at radius 3 is 2.60 bits per heavy atom. The Morgan fingerprint density at radius 2 is 1.95 bits per heavy atom. The molecule has 0 N–H and O–H groups in total. The summed E-state index contributed by atoms with van der Waals surface area (Å²) in [4.78, 5) is 0. The number of hydrogen-bond donors (Lipinski definition) is 0. The van der Waals surface area contributed by atoms with Crippen molar-refractivity contribution in [2.45, 2.75) is 18.3 Å². The highest BCUT2D eigenvalue weighted by molar-refractivity contribution is 9.08. The van der Waals surface area contributed by atoms with Crippen LogP contribution in [-0.2, 0) is 23.0 Å². The minimum absolute atomic E-state index is 0.549. The fourth-order valence-electron chi connectivity index (χ4n) is 1.87. The molecule has 0 bridgehead atoms. The van der Waals surface area contributed by atoms with Gasteiger partial charge in [-0.05, 0) is 17.7 Å². The van der Waals surface area contributed by atoms with Gasteiger partial charge in [0, 0.05) is 20.1 Å². The number of halogens is 3. The number of aromatic nitrogens is 3. The van der Waals surface area contributed by atoms with Gasteiger partial charge >= 0.3 is 0 Å². The van der Waals surface area contributed by atoms with E-state index in [4.69, 9.17) is 27.9 Å². The highest BCUT2D eigenvalue weighted by Gasteiger charge is 2.12. The first-order chi connectivity index (χ1) is 9.65. The number of ether oxygens (including phenoxy) is 1. The number of nitrogens with zero attached hydrogens (tertiary/aromatic N) is 3. The number of hydrogen-bond acceptors (Lipinski definition) is 3. The van der Waals surface area contributed by atoms with Crippen molar-refractivity contribution in [1.29, 1.82) is 0 Å². The van der Waals surface area contributed by atoms with E-state index < -0.39 is 0 Å². The van der Waals surface area contributed by atoms with Gasteiger partial charge in [-0.15, -0.1) is 10.2 Å². The van der Waals surface area contributed by atoms with Crippen LogP contribution < -0.4 is 0 Å². The number of methoxy groups -OCH3 is 1. The van der Waals surface area contributed by atoms with Crippen molar-refractivity contribution in [1.82, 2.24) is 14.8 Å². The van der Waals surface area contributed by atoms with Gasteiger partial charge < -0.3 is 9.30 Å². The second kappa shape index (κ2) is 7.41. The molecule has 108 valence electrons. The SMILES string of the molecule is COCCn1c(CBr)nnc1Cc1ccc(Cl)c(Cl)c1. The van der Waals surface area contributed by atoms with Crippen molar-refractivity contribution in [2.75, 3.05) is 13.7 Å². The Balaban J connectivity index is 2.23. The number of alkyl halides is 1. The molecular formula is C13H14BrCl2N3O. The fraction of sp³-hybridized carbons (Fsp3) is 0.385. The summed E-state index contributed by atoms with van der Waals surface area (Å²) in [6.45, 7) is 1.34. The van der Waals surface area contributed by atoms with Gasteiger partial charge in [0.25, 0.3) is 0 Å². The Morgan fingerprint density at radius 1 is 1.20 bits per heavy atom. The van der Waals surface area contributed by atoms with Crippen LogP contribution in [-0.4, -0.2) is 28.5 Å². The summed E-state index contributed by atoms with van der Waals surface area (Å²) in [7, 11) is 1.68. The van der Waals surface area contributed by atoms with Gasteiger partial charge in [0.05, 0.1) is 22.0 Å². The van der Waals surface area contributed by atoms with E-state index >= 15 is 0 Å². The van der Waals surface area contributed by atoms with Gasteiger partial charge in [0.1, 0.15) is 11.6 Å². The lowest BCUT2D eigenvalue weighted by molar-refractivity contribution is 0.185. The third-order valence-corrected chi connectivity index (χ3v) is 4.13. The maximum atomic E-state index is 6.03. The van der Waals surface area contributed by atoms with Crippen LogP contribution in [0.5, 0.6) is 0 Å². The van der Waals surface area contributed by atoms with Crippen molar-refractivity contribution in [2.24, 2.45) is 0 Å². The highest BCUT2D eigenvalue weighted by Crippen LogP contribution is 2.23. The molecule has 20 heavy (non-hydrogen) atoms. The van der Waals surface area contributed by atoms with E-state index in [0.717, 1.165) is 23.8 Å². The fourth-order valence-corrected chi connectivity index (χ4v) is 2.61. The molecule has 1 heterocycles. The Bertz CT molecular complexity index is 589. The maximum absolute atomic E-state index is 6.03. The molecule has 7 heteroatoms. The van der Waals surface area contributed by atoms with Gasteiger partial charge in [-0.1, -0.05) is 45.2 Å². The van der Waals surface area contributed by atoms with E-state index in [1.165, 1.54) is 0 Å². The average molecular weight is 379 g/mol. The molecule has 0 saturated carbocycles. The van der Waals surface area contributed by atoms with E-state index in [0.29, 0.717) is 28.4 Å². The first kappa shape index (κ1) is 15.8. The van der Waals surface area contributed by atoms with E-state index in [9.17, 15) is 0 Å². The summed E-state index contributed by atoms with van der Waals surface area (Å²) in [6.07, 6.45) is 0.653. The molecule has 0 radical (unpaired) electrons. The molecular weight excluding hydrogens is 365 g/mol. The molecule has 0 atom stereocenters. The topological polar surface area (TPSA) is 39.9 Å². The minimum atomic E-state index is 0.549. The molecule has 0 aliphatic heterocycles. The molecule has 0 unspecified atom stereocenters. The quantitative estimate of drug-likeness (QED) is 0.719. The summed E-state index contributed by atoms with van der Waals surface area (Å²) in [5, 5.41) is 10.2. The predicted molar refractivity (Wildman–Crippen MR) is 83.8 cm³/mol. The molecule has 0 spiro atoms. The van der Waals surface area contributed by atoms with Crippen LogP contribution in [0.15, 0.2) is 18.2 Å². The zero-order valence-electron chi connectivity index (χ0n) is 10.9. The van der Waals surface area contributed by atoms with Crippen LogP contribution in [0.4, 0.5) is 0 Å². The molecule has 4 nitrogen and oxygen atoms in total. The highest BCUT2D eigenvalue weighted by atomic mass is 79.9. The van der Waals surface area contributed by atoms with Crippen molar-refractivity contribution >= 4 is 39.1 Å². The van der Waals surface area contributed by atoms with Crippen LogP contribution in [0.1, 0.15) is 17.2 Å². The van der Waals surface area contributed by atoms with Crippen LogP contribution >= 0.6 is 39.1 Å². The third kappa shape index (κ3) is 3.73. The van der Waals surface area contributed by atoms with E-state index in [1.54, 1.807) is 13.2 Å². The standard InChI is InChI=1S/C13H14BrCl2N3O/c1-20-5-4-19-12(17-18-13(19)8-14)7-9-2-3-10(15)11(16)6-9/h2-3,6H,4-5,7-8H2,1H3. The summed E-state index contributed by atoms with van der Waals surface area (Å²) >= 11 is 15.4. The van der Waals surface area contributed by atoms with E-state index in [1.807, 2.05) is 12.1 Å². The summed E-state index contributed by atoms with van der Waals surface area (Å²) < 4.78 is 7.18. The Kier molecular flexibility index (Phi) is 5.84. The minimum Gasteiger partial charge on any atom is -0.383 e.